The van der Waals surface area contributed by atoms with Gasteiger partial charge in [-0.15, -0.1) is 0 Å². The minimum atomic E-state index is -2.89. The van der Waals surface area contributed by atoms with Crippen molar-refractivity contribution in [1.29, 1.82) is 0 Å². The molecule has 0 N–H and O–H groups in total. The highest BCUT2D eigenvalue weighted by atomic mass is 19.3. The summed E-state index contributed by atoms with van der Waals surface area (Å²) in [5.74, 6) is -0.935. The Bertz CT molecular complexity index is 796. The van der Waals surface area contributed by atoms with E-state index in [1.165, 1.54) is 6.07 Å². The van der Waals surface area contributed by atoms with Crippen LogP contribution in [0, 0.1) is 12.7 Å². The van der Waals surface area contributed by atoms with Crippen molar-refractivity contribution < 1.29 is 22.7 Å². The molecule has 25 heavy (non-hydrogen) atoms. The molecule has 132 valence electrons. The standard InChI is InChI=1S/C18H17F3N2O2/c1-11-14(10-23-5-2-6-25-18(23)24)7-13(9-22-11)12-3-4-16(19)15(8-12)17(20)21/h3-4,7-9,17H,2,5-6,10H2,1H3. The van der Waals surface area contributed by atoms with Crippen molar-refractivity contribution in [3.8, 4) is 11.1 Å². The van der Waals surface area contributed by atoms with Gasteiger partial charge in [0.2, 0.25) is 0 Å². The number of rotatable bonds is 4. The van der Waals surface area contributed by atoms with Crippen LogP contribution in [0.15, 0.2) is 30.5 Å². The predicted molar refractivity (Wildman–Crippen MR) is 85.7 cm³/mol. The SMILES string of the molecule is Cc1ncc(-c2ccc(F)c(C(F)F)c2)cc1CN1CCCOC1=O. The predicted octanol–water partition coefficient (Wildman–Crippen LogP) is 4.48. The number of benzene rings is 1. The summed E-state index contributed by atoms with van der Waals surface area (Å²) in [6, 6.07) is 5.38. The summed E-state index contributed by atoms with van der Waals surface area (Å²) < 4.78 is 44.3. The van der Waals surface area contributed by atoms with E-state index >= 15 is 0 Å². The quantitative estimate of drug-likeness (QED) is 0.817. The maximum Gasteiger partial charge on any atom is 0.410 e. The van der Waals surface area contributed by atoms with Crippen LogP contribution < -0.4 is 0 Å². The van der Waals surface area contributed by atoms with Gasteiger partial charge in [-0.25, -0.2) is 18.0 Å². The van der Waals surface area contributed by atoms with Crippen LogP contribution in [0.4, 0.5) is 18.0 Å². The van der Waals surface area contributed by atoms with Crippen molar-refractivity contribution in [2.45, 2.75) is 26.3 Å². The topological polar surface area (TPSA) is 42.4 Å². The summed E-state index contributed by atoms with van der Waals surface area (Å²) in [5, 5.41) is 0. The Morgan fingerprint density at radius 2 is 2.08 bits per heavy atom. The molecule has 2 aromatic rings. The molecule has 1 aliphatic heterocycles. The van der Waals surface area contributed by atoms with Gasteiger partial charge in [0.05, 0.1) is 18.7 Å². The van der Waals surface area contributed by atoms with Gasteiger partial charge in [-0.05, 0) is 42.7 Å². The number of hydrogen-bond acceptors (Lipinski definition) is 3. The summed E-state index contributed by atoms with van der Waals surface area (Å²) in [5.41, 5.74) is 1.93. The summed E-state index contributed by atoms with van der Waals surface area (Å²) in [7, 11) is 0. The van der Waals surface area contributed by atoms with Crippen LogP contribution in [0.25, 0.3) is 11.1 Å². The third-order valence-electron chi connectivity index (χ3n) is 4.17. The van der Waals surface area contributed by atoms with E-state index in [1.807, 2.05) is 6.92 Å². The number of halogens is 3. The van der Waals surface area contributed by atoms with Crippen molar-refractivity contribution in [3.05, 3.63) is 53.1 Å². The van der Waals surface area contributed by atoms with Gasteiger partial charge >= 0.3 is 6.09 Å². The smallest absolute Gasteiger partial charge is 0.410 e. The summed E-state index contributed by atoms with van der Waals surface area (Å²) in [6.07, 6.45) is -0.956. The van der Waals surface area contributed by atoms with Gasteiger partial charge in [-0.3, -0.25) is 4.98 Å². The Labute approximate surface area is 143 Å². The van der Waals surface area contributed by atoms with Gasteiger partial charge in [-0.2, -0.15) is 0 Å². The van der Waals surface area contributed by atoms with Gasteiger partial charge in [0.15, 0.2) is 0 Å². The van der Waals surface area contributed by atoms with Gasteiger partial charge in [0, 0.05) is 24.0 Å². The number of amides is 1. The Hall–Kier alpha value is -2.57. The van der Waals surface area contributed by atoms with E-state index in [1.54, 1.807) is 17.2 Å². The zero-order valence-corrected chi connectivity index (χ0v) is 13.6. The zero-order chi connectivity index (χ0) is 18.0. The Morgan fingerprint density at radius 3 is 2.80 bits per heavy atom. The molecule has 2 heterocycles. The van der Waals surface area contributed by atoms with E-state index < -0.39 is 17.8 Å². The van der Waals surface area contributed by atoms with Crippen LogP contribution in [-0.2, 0) is 11.3 Å². The molecule has 0 atom stereocenters. The first-order chi connectivity index (χ1) is 12.0. The fourth-order valence-corrected chi connectivity index (χ4v) is 2.73. The fraction of sp³-hybridized carbons (Fsp3) is 0.333. The maximum absolute atomic E-state index is 13.5. The highest BCUT2D eigenvalue weighted by Gasteiger charge is 2.21. The first-order valence-corrected chi connectivity index (χ1v) is 7.91. The van der Waals surface area contributed by atoms with Crippen LogP contribution >= 0.6 is 0 Å². The number of aromatic nitrogens is 1. The Balaban J connectivity index is 1.91. The molecule has 0 spiro atoms. The minimum absolute atomic E-state index is 0.328. The molecule has 0 bridgehead atoms. The minimum Gasteiger partial charge on any atom is -0.449 e. The molecule has 7 heteroatoms. The van der Waals surface area contributed by atoms with Gasteiger partial charge in [-0.1, -0.05) is 6.07 Å². The van der Waals surface area contributed by atoms with Gasteiger partial charge < -0.3 is 9.64 Å². The van der Waals surface area contributed by atoms with E-state index in [0.717, 1.165) is 29.8 Å². The number of cyclic esters (lactones) is 1. The first kappa shape index (κ1) is 17.3. The molecule has 0 aliphatic carbocycles. The second kappa shape index (κ2) is 7.13. The van der Waals surface area contributed by atoms with E-state index in [9.17, 15) is 18.0 Å². The largest absolute Gasteiger partial charge is 0.449 e. The molecule has 4 nitrogen and oxygen atoms in total. The molecule has 1 fully saturated rings. The number of pyridine rings is 1. The molecular formula is C18H17F3N2O2. The molecule has 1 aromatic carbocycles. The van der Waals surface area contributed by atoms with Crippen molar-refractivity contribution in [2.75, 3.05) is 13.2 Å². The second-order valence-corrected chi connectivity index (χ2v) is 5.89. The van der Waals surface area contributed by atoms with E-state index in [-0.39, 0.29) is 6.09 Å². The lowest BCUT2D eigenvalue weighted by Crippen LogP contribution is -2.37. The van der Waals surface area contributed by atoms with Crippen LogP contribution in [0.5, 0.6) is 0 Å². The molecule has 1 aliphatic rings. The second-order valence-electron chi connectivity index (χ2n) is 5.89. The highest BCUT2D eigenvalue weighted by molar-refractivity contribution is 5.69. The molecule has 0 unspecified atom stereocenters. The number of carbonyl (C=O) groups is 1. The van der Waals surface area contributed by atoms with Crippen molar-refractivity contribution in [2.24, 2.45) is 0 Å². The maximum atomic E-state index is 13.5. The lowest BCUT2D eigenvalue weighted by Gasteiger charge is -2.26. The van der Waals surface area contributed by atoms with Crippen molar-refractivity contribution in [3.63, 3.8) is 0 Å². The number of aryl methyl sites for hydroxylation is 1. The molecule has 1 saturated heterocycles. The number of alkyl halides is 2. The van der Waals surface area contributed by atoms with Crippen molar-refractivity contribution >= 4 is 6.09 Å². The van der Waals surface area contributed by atoms with E-state index in [4.69, 9.17) is 4.74 Å². The third kappa shape index (κ3) is 3.75. The van der Waals surface area contributed by atoms with E-state index in [0.29, 0.717) is 30.8 Å². The molecular weight excluding hydrogens is 333 g/mol. The van der Waals surface area contributed by atoms with Crippen LogP contribution in [-0.4, -0.2) is 29.1 Å². The highest BCUT2D eigenvalue weighted by Crippen LogP contribution is 2.29. The molecule has 0 radical (unpaired) electrons. The molecule has 1 aromatic heterocycles. The van der Waals surface area contributed by atoms with Crippen LogP contribution in [0.1, 0.15) is 29.7 Å². The summed E-state index contributed by atoms with van der Waals surface area (Å²) >= 11 is 0. The number of hydrogen-bond donors (Lipinski definition) is 0. The molecule has 0 saturated carbocycles. The lowest BCUT2D eigenvalue weighted by atomic mass is 10.0. The normalized spacial score (nSPS) is 14.8. The monoisotopic (exact) mass is 350 g/mol. The average Bonchev–Trinajstić information content (AvgIpc) is 2.59. The third-order valence-corrected chi connectivity index (χ3v) is 4.17. The number of ether oxygens (including phenoxy) is 1. The lowest BCUT2D eigenvalue weighted by molar-refractivity contribution is 0.0699. The molecule has 3 rings (SSSR count). The van der Waals surface area contributed by atoms with Crippen LogP contribution in [0.2, 0.25) is 0 Å². The van der Waals surface area contributed by atoms with Gasteiger partial charge in [0.1, 0.15) is 5.82 Å². The van der Waals surface area contributed by atoms with Crippen molar-refractivity contribution in [1.82, 2.24) is 9.88 Å². The van der Waals surface area contributed by atoms with E-state index in [2.05, 4.69) is 4.98 Å². The average molecular weight is 350 g/mol. The zero-order valence-electron chi connectivity index (χ0n) is 13.6. The molecule has 1 amide bonds. The number of carbonyl (C=O) groups excluding carboxylic acids is 1. The van der Waals surface area contributed by atoms with Crippen LogP contribution in [0.3, 0.4) is 0 Å². The summed E-state index contributed by atoms with van der Waals surface area (Å²) in [6.45, 7) is 3.14. The summed E-state index contributed by atoms with van der Waals surface area (Å²) in [4.78, 5) is 17.6. The number of nitrogens with zero attached hydrogens (tertiary/aromatic N) is 2. The fourth-order valence-electron chi connectivity index (χ4n) is 2.73. The Morgan fingerprint density at radius 1 is 1.28 bits per heavy atom. The van der Waals surface area contributed by atoms with Gasteiger partial charge in [0.25, 0.3) is 6.43 Å². The Kier molecular flexibility index (Phi) is 4.92. The first-order valence-electron chi connectivity index (χ1n) is 7.91.